The Kier molecular flexibility index (Phi) is 5.45. The van der Waals surface area contributed by atoms with Crippen LogP contribution in [0.5, 0.6) is 5.75 Å². The van der Waals surface area contributed by atoms with Gasteiger partial charge in [-0.05, 0) is 25.1 Å². The van der Waals surface area contributed by atoms with Crippen LogP contribution in [-0.4, -0.2) is 52.0 Å². The molecule has 1 saturated heterocycles. The largest absolute Gasteiger partial charge is 0.496 e. The molecule has 7 heteroatoms. The predicted octanol–water partition coefficient (Wildman–Crippen LogP) is 1.98. The first-order valence-corrected chi connectivity index (χ1v) is 8.98. The predicted molar refractivity (Wildman–Crippen MR) is 103 cm³/mol. The molecule has 0 spiro atoms. The van der Waals surface area contributed by atoms with Crippen LogP contribution in [0.4, 0.5) is 0 Å². The highest BCUT2D eigenvalue weighted by Crippen LogP contribution is 2.42. The molecule has 1 aromatic heterocycles. The number of aryl methyl sites for hydroxylation is 1. The molecule has 3 rings (SSSR count). The molecule has 0 radical (unpaired) electrons. The Morgan fingerprint density at radius 1 is 1.37 bits per heavy atom. The number of nitrogens with zero attached hydrogens (tertiary/aromatic N) is 3. The minimum Gasteiger partial charge on any atom is -0.496 e. The molecule has 1 aliphatic heterocycles. The summed E-state index contributed by atoms with van der Waals surface area (Å²) in [4.78, 5) is 14.5. The van der Waals surface area contributed by atoms with Crippen molar-refractivity contribution in [2.24, 2.45) is 7.05 Å². The van der Waals surface area contributed by atoms with E-state index in [0.29, 0.717) is 28.3 Å². The first kappa shape index (κ1) is 19.3. The Morgan fingerprint density at radius 2 is 2.11 bits per heavy atom. The lowest BCUT2D eigenvalue weighted by Crippen LogP contribution is -2.35. The van der Waals surface area contributed by atoms with Crippen molar-refractivity contribution < 1.29 is 14.6 Å². The van der Waals surface area contributed by atoms with E-state index < -0.39 is 18.1 Å². The maximum atomic E-state index is 13.0. The van der Waals surface area contributed by atoms with E-state index in [4.69, 9.17) is 16.3 Å². The van der Waals surface area contributed by atoms with Gasteiger partial charge in [0.15, 0.2) is 0 Å². The second kappa shape index (κ2) is 7.63. The number of rotatable bonds is 4. The summed E-state index contributed by atoms with van der Waals surface area (Å²) in [5.41, 5.74) is 2.00. The number of hydrogen-bond acceptors (Lipinski definition) is 4. The van der Waals surface area contributed by atoms with Gasteiger partial charge < -0.3 is 14.7 Å². The van der Waals surface area contributed by atoms with Gasteiger partial charge in [0.2, 0.25) is 5.91 Å². The maximum Gasteiger partial charge on any atom is 0.233 e. The Morgan fingerprint density at radius 3 is 2.70 bits per heavy atom. The van der Waals surface area contributed by atoms with E-state index in [0.717, 1.165) is 5.69 Å². The lowest BCUT2D eigenvalue weighted by Gasteiger charge is -2.21. The van der Waals surface area contributed by atoms with Crippen LogP contribution in [0, 0.1) is 11.8 Å². The minimum absolute atomic E-state index is 0.196. The molecule has 142 valence electrons. The molecule has 1 aliphatic rings. The van der Waals surface area contributed by atoms with E-state index in [2.05, 4.69) is 16.9 Å². The van der Waals surface area contributed by atoms with Gasteiger partial charge in [0.1, 0.15) is 5.75 Å². The minimum atomic E-state index is -0.931. The zero-order valence-electron chi connectivity index (χ0n) is 15.7. The zero-order valence-corrected chi connectivity index (χ0v) is 16.5. The van der Waals surface area contributed by atoms with Gasteiger partial charge in [0.05, 0.1) is 30.9 Å². The van der Waals surface area contributed by atoms with Crippen molar-refractivity contribution in [1.29, 1.82) is 0 Å². The fourth-order valence-corrected chi connectivity index (χ4v) is 3.93. The van der Waals surface area contributed by atoms with Crippen molar-refractivity contribution in [3.63, 3.8) is 0 Å². The average Bonchev–Trinajstić information content (AvgIpc) is 3.13. The van der Waals surface area contributed by atoms with Crippen molar-refractivity contribution in [3.8, 4) is 17.6 Å². The summed E-state index contributed by atoms with van der Waals surface area (Å²) in [5.74, 6) is 5.20. The van der Waals surface area contributed by atoms with Crippen LogP contribution >= 0.6 is 11.6 Å². The molecule has 3 atom stereocenters. The second-order valence-electron chi connectivity index (χ2n) is 6.62. The van der Waals surface area contributed by atoms with Gasteiger partial charge in [-0.1, -0.05) is 17.5 Å². The fraction of sp³-hybridized carbons (Fsp3) is 0.400. The van der Waals surface area contributed by atoms with Gasteiger partial charge in [0.25, 0.3) is 0 Å². The molecule has 2 heterocycles. The Hall–Kier alpha value is -2.49. The van der Waals surface area contributed by atoms with Crippen molar-refractivity contribution in [2.75, 3.05) is 14.2 Å². The highest BCUT2D eigenvalue weighted by atomic mass is 35.5. The SMILES string of the molecule is CC#Cc1cc(Cl)c(C2C(=O)N(C)C(Cc3ccn(C)n3)C2O)c(OC)c1. The average molecular weight is 388 g/mol. The molecule has 27 heavy (non-hydrogen) atoms. The maximum absolute atomic E-state index is 13.0. The number of aromatic nitrogens is 2. The van der Waals surface area contributed by atoms with E-state index in [1.54, 1.807) is 35.7 Å². The molecule has 1 amide bonds. The smallest absolute Gasteiger partial charge is 0.233 e. The van der Waals surface area contributed by atoms with E-state index in [1.807, 2.05) is 19.3 Å². The van der Waals surface area contributed by atoms with Crippen molar-refractivity contribution in [1.82, 2.24) is 14.7 Å². The third kappa shape index (κ3) is 3.53. The number of aliphatic hydroxyl groups excluding tert-OH is 1. The number of carbonyl (C=O) groups excluding carboxylic acids is 1. The van der Waals surface area contributed by atoms with Crippen LogP contribution in [0.3, 0.4) is 0 Å². The lowest BCUT2D eigenvalue weighted by atomic mass is 9.90. The zero-order chi connectivity index (χ0) is 19.7. The van der Waals surface area contributed by atoms with Crippen LogP contribution in [-0.2, 0) is 18.3 Å². The number of likely N-dealkylation sites (tertiary alicyclic amines) is 1. The number of halogens is 1. The van der Waals surface area contributed by atoms with Gasteiger partial charge in [0, 0.05) is 42.9 Å². The lowest BCUT2D eigenvalue weighted by molar-refractivity contribution is -0.128. The van der Waals surface area contributed by atoms with Crippen molar-refractivity contribution in [3.05, 3.63) is 46.2 Å². The summed E-state index contributed by atoms with van der Waals surface area (Å²) in [6.45, 7) is 1.73. The van der Waals surface area contributed by atoms with Gasteiger partial charge in [-0.15, -0.1) is 5.92 Å². The monoisotopic (exact) mass is 387 g/mol. The number of benzene rings is 1. The molecule has 6 nitrogen and oxygen atoms in total. The Labute approximate surface area is 163 Å². The van der Waals surface area contributed by atoms with Crippen LogP contribution in [0.1, 0.15) is 29.7 Å². The molecule has 0 bridgehead atoms. The summed E-state index contributed by atoms with van der Waals surface area (Å²) < 4.78 is 7.16. The van der Waals surface area contributed by atoms with Gasteiger partial charge in [-0.25, -0.2) is 0 Å². The quantitative estimate of drug-likeness (QED) is 0.814. The normalized spacial score (nSPS) is 21.9. The molecule has 1 fully saturated rings. The number of carbonyl (C=O) groups is 1. The number of amides is 1. The molecule has 2 aromatic rings. The van der Waals surface area contributed by atoms with E-state index >= 15 is 0 Å². The number of hydrogen-bond donors (Lipinski definition) is 1. The van der Waals surface area contributed by atoms with E-state index in [-0.39, 0.29) is 5.91 Å². The van der Waals surface area contributed by atoms with Gasteiger partial charge in [-0.3, -0.25) is 9.48 Å². The molecule has 1 N–H and O–H groups in total. The van der Waals surface area contributed by atoms with E-state index in [1.165, 1.54) is 7.11 Å². The number of methoxy groups -OCH3 is 1. The second-order valence-corrected chi connectivity index (χ2v) is 7.03. The van der Waals surface area contributed by atoms with E-state index in [9.17, 15) is 9.90 Å². The molecule has 1 aromatic carbocycles. The molecular weight excluding hydrogens is 366 g/mol. The third-order valence-electron chi connectivity index (χ3n) is 4.93. The molecule has 0 saturated carbocycles. The summed E-state index contributed by atoms with van der Waals surface area (Å²) in [7, 11) is 5.04. The highest BCUT2D eigenvalue weighted by Gasteiger charge is 2.48. The van der Waals surface area contributed by atoms with Crippen molar-refractivity contribution in [2.45, 2.75) is 31.4 Å². The Balaban J connectivity index is 1.99. The van der Waals surface area contributed by atoms with Gasteiger partial charge in [-0.2, -0.15) is 5.10 Å². The van der Waals surface area contributed by atoms with Gasteiger partial charge >= 0.3 is 0 Å². The third-order valence-corrected chi connectivity index (χ3v) is 5.24. The molecular formula is C20H22ClN3O3. The summed E-state index contributed by atoms with van der Waals surface area (Å²) >= 11 is 6.47. The van der Waals surface area contributed by atoms with Crippen molar-refractivity contribution >= 4 is 17.5 Å². The first-order chi connectivity index (χ1) is 12.9. The molecule has 3 unspecified atom stereocenters. The van der Waals surface area contributed by atoms with Crippen LogP contribution in [0.2, 0.25) is 5.02 Å². The first-order valence-electron chi connectivity index (χ1n) is 8.60. The standard InChI is InChI=1S/C20H22ClN3O3/c1-5-6-12-9-14(21)17(16(10-12)27-4)18-19(25)15(24(3)20(18)26)11-13-7-8-23(2)22-13/h7-10,15,18-19,25H,11H2,1-4H3. The summed E-state index contributed by atoms with van der Waals surface area (Å²) in [5, 5.41) is 15.7. The number of ether oxygens (including phenoxy) is 1. The van der Waals surface area contributed by atoms with Crippen LogP contribution in [0.15, 0.2) is 24.4 Å². The Bertz CT molecular complexity index is 928. The summed E-state index contributed by atoms with van der Waals surface area (Å²) in [6, 6.07) is 4.92. The topological polar surface area (TPSA) is 67.6 Å². The summed E-state index contributed by atoms with van der Waals surface area (Å²) in [6.07, 6.45) is 1.36. The van der Waals surface area contributed by atoms with Crippen LogP contribution in [0.25, 0.3) is 0 Å². The molecule has 0 aliphatic carbocycles. The number of aliphatic hydroxyl groups is 1. The highest BCUT2D eigenvalue weighted by molar-refractivity contribution is 6.32. The number of likely N-dealkylation sites (N-methyl/N-ethyl adjacent to an activating group) is 1. The fourth-order valence-electron chi connectivity index (χ4n) is 3.60. The van der Waals surface area contributed by atoms with Crippen LogP contribution < -0.4 is 4.74 Å².